The fourth-order valence-corrected chi connectivity index (χ4v) is 4.01. The highest BCUT2D eigenvalue weighted by atomic mass is 19.1. The molecule has 1 aliphatic rings. The van der Waals surface area contributed by atoms with Gasteiger partial charge >= 0.3 is 0 Å². The molecule has 3 heterocycles. The molecule has 1 N–H and O–H groups in total. The maximum atomic E-state index is 15.0. The molecule has 0 saturated carbocycles. The normalized spacial score (nSPS) is 17.8. The Labute approximate surface area is 170 Å². The second-order valence-corrected chi connectivity index (χ2v) is 7.18. The number of halogens is 1. The van der Waals surface area contributed by atoms with E-state index in [-0.39, 0.29) is 0 Å². The number of hydrogen-bond donors (Lipinski definition) is 1. The van der Waals surface area contributed by atoms with Crippen LogP contribution in [0.5, 0.6) is 5.75 Å². The van der Waals surface area contributed by atoms with Crippen molar-refractivity contribution in [3.8, 4) is 5.75 Å². The smallest absolute Gasteiger partial charge is 0.214 e. The summed E-state index contributed by atoms with van der Waals surface area (Å²) in [7, 11) is 0. The van der Waals surface area contributed by atoms with Gasteiger partial charge in [0.25, 0.3) is 0 Å². The quantitative estimate of drug-likeness (QED) is 0.458. The van der Waals surface area contributed by atoms with E-state index in [1.807, 2.05) is 42.5 Å². The van der Waals surface area contributed by atoms with E-state index in [0.717, 1.165) is 16.3 Å². The molecule has 1 unspecified atom stereocenters. The first-order chi connectivity index (χ1) is 14.7. The molecular formula is C24H15FN4O. The fourth-order valence-electron chi connectivity index (χ4n) is 4.01. The van der Waals surface area contributed by atoms with Crippen molar-refractivity contribution in [2.24, 2.45) is 0 Å². The summed E-state index contributed by atoms with van der Waals surface area (Å²) in [4.78, 5) is 16.3. The van der Waals surface area contributed by atoms with E-state index in [1.165, 1.54) is 6.07 Å². The molecular weight excluding hydrogens is 379 g/mol. The zero-order chi connectivity index (χ0) is 20.1. The van der Waals surface area contributed by atoms with Crippen molar-refractivity contribution in [2.45, 2.75) is 5.60 Å². The van der Waals surface area contributed by atoms with Crippen LogP contribution >= 0.6 is 0 Å². The number of hydrogen-bond acceptors (Lipinski definition) is 4. The second kappa shape index (κ2) is 6.22. The molecule has 0 aliphatic carbocycles. The monoisotopic (exact) mass is 394 g/mol. The van der Waals surface area contributed by atoms with Crippen LogP contribution in [0.1, 0.15) is 17.0 Å². The molecule has 0 amide bonds. The lowest BCUT2D eigenvalue weighted by atomic mass is 9.87. The summed E-state index contributed by atoms with van der Waals surface area (Å²) in [5.74, 6) is 0.574. The molecule has 0 saturated heterocycles. The van der Waals surface area contributed by atoms with E-state index < -0.39 is 11.4 Å². The molecule has 30 heavy (non-hydrogen) atoms. The maximum Gasteiger partial charge on any atom is 0.214 e. The predicted octanol–water partition coefficient (Wildman–Crippen LogP) is 4.99. The first kappa shape index (κ1) is 16.9. The van der Waals surface area contributed by atoms with E-state index >= 15 is 0 Å². The number of H-pyrrole nitrogens is 1. The molecule has 1 aliphatic heterocycles. The third-order valence-corrected chi connectivity index (χ3v) is 5.47. The van der Waals surface area contributed by atoms with Gasteiger partial charge < -0.3 is 9.72 Å². The van der Waals surface area contributed by atoms with Crippen LogP contribution in [0.3, 0.4) is 0 Å². The van der Waals surface area contributed by atoms with Gasteiger partial charge in [-0.2, -0.15) is 0 Å². The van der Waals surface area contributed by atoms with Crippen molar-refractivity contribution in [3.63, 3.8) is 0 Å². The molecule has 6 heteroatoms. The van der Waals surface area contributed by atoms with Crippen molar-refractivity contribution in [3.05, 3.63) is 102 Å². The Morgan fingerprint density at radius 3 is 2.73 bits per heavy atom. The van der Waals surface area contributed by atoms with E-state index in [9.17, 15) is 4.39 Å². The first-order valence-electron chi connectivity index (χ1n) is 9.56. The van der Waals surface area contributed by atoms with Gasteiger partial charge in [-0.15, -0.1) is 0 Å². The van der Waals surface area contributed by atoms with Gasteiger partial charge in [0.15, 0.2) is 11.5 Å². The largest absolute Gasteiger partial charge is 0.470 e. The van der Waals surface area contributed by atoms with Crippen LogP contribution < -0.4 is 4.74 Å². The minimum atomic E-state index is -1.31. The molecule has 3 aromatic carbocycles. The Morgan fingerprint density at radius 1 is 0.933 bits per heavy atom. The van der Waals surface area contributed by atoms with Gasteiger partial charge in [0.2, 0.25) is 5.60 Å². The highest BCUT2D eigenvalue weighted by Crippen LogP contribution is 2.43. The van der Waals surface area contributed by atoms with E-state index in [1.54, 1.807) is 30.7 Å². The van der Waals surface area contributed by atoms with Crippen LogP contribution in [0.15, 0.2) is 79.3 Å². The highest BCUT2D eigenvalue weighted by molar-refractivity contribution is 5.94. The van der Waals surface area contributed by atoms with Gasteiger partial charge in [-0.1, -0.05) is 48.5 Å². The molecule has 5 aromatic rings. The van der Waals surface area contributed by atoms with Crippen molar-refractivity contribution < 1.29 is 9.13 Å². The summed E-state index contributed by atoms with van der Waals surface area (Å²) < 4.78 is 21.5. The SMILES string of the molecule is Fc1ccccc1C1(c2ncc3[nH]cnc3n2)C=Cc2c(ccc3ccccc23)O1. The van der Waals surface area contributed by atoms with Crippen molar-refractivity contribution in [1.82, 2.24) is 19.9 Å². The number of aromatic amines is 1. The molecule has 144 valence electrons. The number of ether oxygens (including phenoxy) is 1. The zero-order valence-corrected chi connectivity index (χ0v) is 15.7. The Bertz CT molecular complexity index is 1460. The molecule has 1 atom stereocenters. The average molecular weight is 394 g/mol. The Kier molecular flexibility index (Phi) is 3.49. The van der Waals surface area contributed by atoms with Crippen molar-refractivity contribution in [2.75, 3.05) is 0 Å². The molecule has 5 nitrogen and oxygen atoms in total. The van der Waals surface area contributed by atoms with Gasteiger partial charge in [-0.05, 0) is 35.1 Å². The second-order valence-electron chi connectivity index (χ2n) is 7.18. The van der Waals surface area contributed by atoms with Crippen molar-refractivity contribution in [1.29, 1.82) is 0 Å². The Balaban J connectivity index is 1.62. The number of rotatable bonds is 2. The summed E-state index contributed by atoms with van der Waals surface area (Å²) in [6.07, 6.45) is 6.98. The standard InChI is InChI=1S/C24H15FN4O/c25-19-8-4-3-7-18(19)24(23-26-13-20-22(29-23)28-14-27-20)12-11-17-16-6-2-1-5-15(16)9-10-21(17)30-24/h1-14H,(H,26,27,28,29). The predicted molar refractivity (Wildman–Crippen MR) is 112 cm³/mol. The summed E-state index contributed by atoms with van der Waals surface area (Å²) in [5.41, 5.74) is 1.18. The van der Waals surface area contributed by atoms with Crippen LogP contribution in [0, 0.1) is 5.82 Å². The van der Waals surface area contributed by atoms with Gasteiger partial charge in [0.1, 0.15) is 17.1 Å². The topological polar surface area (TPSA) is 63.7 Å². The third-order valence-electron chi connectivity index (χ3n) is 5.47. The Morgan fingerprint density at radius 2 is 1.80 bits per heavy atom. The average Bonchev–Trinajstić information content (AvgIpc) is 3.27. The summed E-state index contributed by atoms with van der Waals surface area (Å²) in [6, 6.07) is 18.5. The van der Waals surface area contributed by atoms with Crippen LogP contribution in [0.4, 0.5) is 4.39 Å². The molecule has 2 aromatic heterocycles. The van der Waals surface area contributed by atoms with Crippen molar-refractivity contribution >= 4 is 28.0 Å². The molecule has 0 bridgehead atoms. The molecule has 6 rings (SSSR count). The Hall–Kier alpha value is -4.06. The molecule has 0 fully saturated rings. The number of fused-ring (bicyclic) bond motifs is 4. The number of benzene rings is 3. The fraction of sp³-hybridized carbons (Fsp3) is 0.0417. The molecule has 0 spiro atoms. The van der Waals surface area contributed by atoms with Gasteiger partial charge in [0.05, 0.1) is 12.5 Å². The summed E-state index contributed by atoms with van der Waals surface area (Å²) >= 11 is 0. The van der Waals surface area contributed by atoms with E-state index in [4.69, 9.17) is 4.74 Å². The summed E-state index contributed by atoms with van der Waals surface area (Å²) in [5, 5.41) is 2.18. The minimum absolute atomic E-state index is 0.322. The number of nitrogens with zero attached hydrogens (tertiary/aromatic N) is 3. The van der Waals surface area contributed by atoms with Crippen LogP contribution in [-0.2, 0) is 5.60 Å². The highest BCUT2D eigenvalue weighted by Gasteiger charge is 2.42. The minimum Gasteiger partial charge on any atom is -0.470 e. The summed E-state index contributed by atoms with van der Waals surface area (Å²) in [6.45, 7) is 0. The maximum absolute atomic E-state index is 15.0. The van der Waals surface area contributed by atoms with Crippen LogP contribution in [0.2, 0.25) is 0 Å². The number of imidazole rings is 1. The van der Waals surface area contributed by atoms with Gasteiger partial charge in [-0.25, -0.2) is 19.3 Å². The lowest BCUT2D eigenvalue weighted by Crippen LogP contribution is -2.37. The van der Waals surface area contributed by atoms with E-state index in [2.05, 4.69) is 26.0 Å². The lowest BCUT2D eigenvalue weighted by Gasteiger charge is -2.34. The lowest BCUT2D eigenvalue weighted by molar-refractivity contribution is 0.146. The van der Waals surface area contributed by atoms with Gasteiger partial charge in [0, 0.05) is 11.1 Å². The van der Waals surface area contributed by atoms with Crippen LogP contribution in [-0.4, -0.2) is 19.9 Å². The first-order valence-corrected chi connectivity index (χ1v) is 9.56. The van der Waals surface area contributed by atoms with E-state index in [0.29, 0.717) is 28.3 Å². The van der Waals surface area contributed by atoms with Crippen LogP contribution in [0.25, 0.3) is 28.0 Å². The number of aromatic nitrogens is 4. The third kappa shape index (κ3) is 2.37. The number of nitrogens with one attached hydrogen (secondary N) is 1. The van der Waals surface area contributed by atoms with Gasteiger partial charge in [-0.3, -0.25) is 0 Å². The molecule has 0 radical (unpaired) electrons. The zero-order valence-electron chi connectivity index (χ0n) is 15.7.